The predicted molar refractivity (Wildman–Crippen MR) is 71.3 cm³/mol. The molecule has 0 saturated heterocycles. The lowest BCUT2D eigenvalue weighted by molar-refractivity contribution is 0.313. The third-order valence-electron chi connectivity index (χ3n) is 3.94. The van der Waals surface area contributed by atoms with Crippen molar-refractivity contribution < 1.29 is 9.47 Å². The Kier molecular flexibility index (Phi) is 3.16. The Balaban J connectivity index is 1.94. The second kappa shape index (κ2) is 4.81. The van der Waals surface area contributed by atoms with E-state index in [1.54, 1.807) is 0 Å². The minimum atomic E-state index is 0.596. The maximum atomic E-state index is 5.91. The number of benzene rings is 1. The average molecular weight is 247 g/mol. The Hall–Kier alpha value is -1.22. The molecule has 1 aromatic carbocycles. The van der Waals surface area contributed by atoms with Crippen molar-refractivity contribution in [2.75, 3.05) is 19.8 Å². The lowest BCUT2D eigenvalue weighted by Gasteiger charge is -2.14. The summed E-state index contributed by atoms with van der Waals surface area (Å²) in [5.74, 6) is 3.35. The van der Waals surface area contributed by atoms with Crippen LogP contribution in [0, 0.1) is 5.92 Å². The van der Waals surface area contributed by atoms with E-state index in [1.807, 2.05) is 0 Å². The van der Waals surface area contributed by atoms with E-state index in [9.17, 15) is 0 Å². The first kappa shape index (κ1) is 11.8. The van der Waals surface area contributed by atoms with Crippen LogP contribution in [-0.2, 0) is 6.42 Å². The third kappa shape index (κ3) is 1.97. The molecule has 0 aromatic heterocycles. The number of fused-ring (bicyclic) bond motifs is 1. The Morgan fingerprint density at radius 3 is 3.06 bits per heavy atom. The van der Waals surface area contributed by atoms with Crippen LogP contribution in [0.2, 0.25) is 0 Å². The van der Waals surface area contributed by atoms with Gasteiger partial charge in [-0.05, 0) is 43.4 Å². The van der Waals surface area contributed by atoms with Crippen LogP contribution in [0.15, 0.2) is 12.1 Å². The summed E-state index contributed by atoms with van der Waals surface area (Å²) < 4.78 is 11.6. The molecule has 0 bridgehead atoms. The second-order valence-corrected chi connectivity index (χ2v) is 5.24. The largest absolute Gasteiger partial charge is 0.493 e. The zero-order chi connectivity index (χ0) is 12.5. The maximum absolute atomic E-state index is 5.91. The first-order valence-corrected chi connectivity index (χ1v) is 6.96. The topological polar surface area (TPSA) is 44.5 Å². The van der Waals surface area contributed by atoms with E-state index >= 15 is 0 Å². The number of ether oxygens (including phenoxy) is 2. The molecular formula is C15H21NO2. The van der Waals surface area contributed by atoms with Crippen LogP contribution in [0.25, 0.3) is 0 Å². The van der Waals surface area contributed by atoms with Crippen molar-refractivity contribution in [3.05, 3.63) is 23.3 Å². The number of nitrogens with two attached hydrogens (primary N) is 1. The Morgan fingerprint density at radius 1 is 1.44 bits per heavy atom. The fourth-order valence-corrected chi connectivity index (χ4v) is 2.89. The van der Waals surface area contributed by atoms with Crippen LogP contribution in [0.3, 0.4) is 0 Å². The van der Waals surface area contributed by atoms with Crippen LogP contribution >= 0.6 is 0 Å². The molecule has 3 rings (SSSR count). The van der Waals surface area contributed by atoms with E-state index in [1.165, 1.54) is 17.5 Å². The summed E-state index contributed by atoms with van der Waals surface area (Å²) in [7, 11) is 0. The standard InChI is InChI=1S/C15H21NO2/c1-2-6-17-14-4-3-13-11(5-7-18-13)15(14)12-8-10(12)9-16/h3-4,10,12H,2,5-9,16H2,1H3/t10-,12+/m1/s1. The Labute approximate surface area is 108 Å². The van der Waals surface area contributed by atoms with Gasteiger partial charge in [0.2, 0.25) is 0 Å². The van der Waals surface area contributed by atoms with Crippen molar-refractivity contribution in [2.45, 2.75) is 32.1 Å². The summed E-state index contributed by atoms with van der Waals surface area (Å²) >= 11 is 0. The fraction of sp³-hybridized carbons (Fsp3) is 0.600. The van der Waals surface area contributed by atoms with Gasteiger partial charge in [-0.3, -0.25) is 0 Å². The molecule has 3 nitrogen and oxygen atoms in total. The van der Waals surface area contributed by atoms with Gasteiger partial charge in [0.1, 0.15) is 11.5 Å². The van der Waals surface area contributed by atoms with Gasteiger partial charge >= 0.3 is 0 Å². The monoisotopic (exact) mass is 247 g/mol. The summed E-state index contributed by atoms with van der Waals surface area (Å²) in [5, 5.41) is 0. The molecule has 1 aliphatic carbocycles. The zero-order valence-electron chi connectivity index (χ0n) is 10.9. The van der Waals surface area contributed by atoms with E-state index in [0.29, 0.717) is 11.8 Å². The van der Waals surface area contributed by atoms with E-state index in [-0.39, 0.29) is 0 Å². The molecule has 2 N–H and O–H groups in total. The van der Waals surface area contributed by atoms with E-state index in [2.05, 4.69) is 19.1 Å². The lowest BCUT2D eigenvalue weighted by Crippen LogP contribution is -2.05. The Bertz CT molecular complexity index is 444. The van der Waals surface area contributed by atoms with Gasteiger partial charge in [-0.2, -0.15) is 0 Å². The predicted octanol–water partition coefficient (Wildman–Crippen LogP) is 2.47. The van der Waals surface area contributed by atoms with Gasteiger partial charge in [0.15, 0.2) is 0 Å². The van der Waals surface area contributed by atoms with Crippen molar-refractivity contribution >= 4 is 0 Å². The van der Waals surface area contributed by atoms with E-state index in [4.69, 9.17) is 15.2 Å². The highest BCUT2D eigenvalue weighted by Crippen LogP contribution is 2.53. The van der Waals surface area contributed by atoms with Crippen molar-refractivity contribution in [3.63, 3.8) is 0 Å². The van der Waals surface area contributed by atoms with Crippen molar-refractivity contribution in [2.24, 2.45) is 11.7 Å². The number of rotatable bonds is 5. The van der Waals surface area contributed by atoms with Crippen molar-refractivity contribution in [3.8, 4) is 11.5 Å². The van der Waals surface area contributed by atoms with Crippen molar-refractivity contribution in [1.29, 1.82) is 0 Å². The van der Waals surface area contributed by atoms with Crippen LogP contribution in [-0.4, -0.2) is 19.8 Å². The van der Waals surface area contributed by atoms with Crippen LogP contribution in [0.1, 0.15) is 36.8 Å². The van der Waals surface area contributed by atoms with Gasteiger partial charge in [0.05, 0.1) is 13.2 Å². The van der Waals surface area contributed by atoms with Gasteiger partial charge in [-0.1, -0.05) is 6.92 Å². The normalized spacial score (nSPS) is 24.6. The molecule has 0 unspecified atom stereocenters. The highest BCUT2D eigenvalue weighted by molar-refractivity contribution is 5.54. The summed E-state index contributed by atoms with van der Waals surface area (Å²) in [5.41, 5.74) is 8.53. The third-order valence-corrected chi connectivity index (χ3v) is 3.94. The first-order valence-electron chi connectivity index (χ1n) is 6.96. The smallest absolute Gasteiger partial charge is 0.123 e. The van der Waals surface area contributed by atoms with E-state index < -0.39 is 0 Å². The van der Waals surface area contributed by atoms with Gasteiger partial charge in [0, 0.05) is 17.5 Å². The lowest BCUT2D eigenvalue weighted by atomic mass is 9.98. The Morgan fingerprint density at radius 2 is 2.33 bits per heavy atom. The summed E-state index contributed by atoms with van der Waals surface area (Å²) in [4.78, 5) is 0. The molecule has 1 aliphatic heterocycles. The van der Waals surface area contributed by atoms with Gasteiger partial charge in [-0.25, -0.2) is 0 Å². The quantitative estimate of drug-likeness (QED) is 0.869. The summed E-state index contributed by atoms with van der Waals surface area (Å²) in [6.45, 7) is 4.50. The molecule has 2 atom stereocenters. The molecule has 0 spiro atoms. The first-order chi connectivity index (χ1) is 8.85. The SMILES string of the molecule is CCCOc1ccc2c(c1[C@H]1C[C@@H]1CN)CCO2. The van der Waals surface area contributed by atoms with E-state index in [0.717, 1.165) is 44.1 Å². The van der Waals surface area contributed by atoms with Gasteiger partial charge < -0.3 is 15.2 Å². The summed E-state index contributed by atoms with van der Waals surface area (Å²) in [6.07, 6.45) is 3.26. The maximum Gasteiger partial charge on any atom is 0.123 e. The molecule has 98 valence electrons. The second-order valence-electron chi connectivity index (χ2n) is 5.24. The minimum Gasteiger partial charge on any atom is -0.493 e. The molecular weight excluding hydrogens is 226 g/mol. The van der Waals surface area contributed by atoms with Gasteiger partial charge in [0.25, 0.3) is 0 Å². The molecule has 18 heavy (non-hydrogen) atoms. The fourth-order valence-electron chi connectivity index (χ4n) is 2.89. The highest BCUT2D eigenvalue weighted by atomic mass is 16.5. The zero-order valence-corrected chi connectivity index (χ0v) is 10.9. The molecule has 1 fully saturated rings. The molecule has 0 amide bonds. The molecule has 1 saturated carbocycles. The molecule has 1 aromatic rings. The molecule has 0 radical (unpaired) electrons. The average Bonchev–Trinajstić information content (AvgIpc) is 3.02. The van der Waals surface area contributed by atoms with Crippen LogP contribution in [0.5, 0.6) is 11.5 Å². The molecule has 2 aliphatic rings. The number of hydrogen-bond donors (Lipinski definition) is 1. The molecule has 3 heteroatoms. The van der Waals surface area contributed by atoms with Crippen molar-refractivity contribution in [1.82, 2.24) is 0 Å². The van der Waals surface area contributed by atoms with Crippen LogP contribution < -0.4 is 15.2 Å². The highest BCUT2D eigenvalue weighted by Gasteiger charge is 2.41. The number of hydrogen-bond acceptors (Lipinski definition) is 3. The minimum absolute atomic E-state index is 0.596. The molecule has 1 heterocycles. The summed E-state index contributed by atoms with van der Waals surface area (Å²) in [6, 6.07) is 4.12. The van der Waals surface area contributed by atoms with Gasteiger partial charge in [-0.15, -0.1) is 0 Å². The van der Waals surface area contributed by atoms with Crippen LogP contribution in [0.4, 0.5) is 0 Å².